The van der Waals surface area contributed by atoms with E-state index in [9.17, 15) is 24.6 Å². The molecule has 39 heavy (non-hydrogen) atoms. The number of methoxy groups -OCH3 is 2. The molecule has 1 amide bonds. The van der Waals surface area contributed by atoms with Gasteiger partial charge >= 0.3 is 11.9 Å². The van der Waals surface area contributed by atoms with Gasteiger partial charge in [-0.3, -0.25) is 14.5 Å². The van der Waals surface area contributed by atoms with Crippen molar-refractivity contribution in [2.24, 2.45) is 0 Å². The molecule has 0 spiro atoms. The second kappa shape index (κ2) is 10.2. The van der Waals surface area contributed by atoms with Crippen LogP contribution in [0.2, 0.25) is 0 Å². The Kier molecular flexibility index (Phi) is 6.95. The van der Waals surface area contributed by atoms with Gasteiger partial charge in [0.05, 0.1) is 36.0 Å². The Bertz CT molecular complexity index is 1560. The molecular weight excluding hydrogens is 596 g/mol. The summed E-state index contributed by atoms with van der Waals surface area (Å²) < 4.78 is 21.5. The Morgan fingerprint density at radius 2 is 1.87 bits per heavy atom. The van der Waals surface area contributed by atoms with Crippen LogP contribution in [-0.4, -0.2) is 60.3 Å². The summed E-state index contributed by atoms with van der Waals surface area (Å²) in [4.78, 5) is 44.9. The Hall–Kier alpha value is -4.10. The summed E-state index contributed by atoms with van der Waals surface area (Å²) in [5.74, 6) is -2.30. The first-order valence-corrected chi connectivity index (χ1v) is 13.1. The van der Waals surface area contributed by atoms with Crippen LogP contribution < -0.4 is 19.1 Å². The van der Waals surface area contributed by atoms with Crippen LogP contribution in [-0.2, 0) is 14.3 Å². The van der Waals surface area contributed by atoms with Gasteiger partial charge in [0.15, 0.2) is 28.1 Å². The number of phenols is 1. The number of hydrogen-bond acceptors (Lipinski definition) is 11. The van der Waals surface area contributed by atoms with E-state index in [0.717, 1.165) is 16.2 Å². The van der Waals surface area contributed by atoms with Crippen molar-refractivity contribution < 1.29 is 43.5 Å². The lowest BCUT2D eigenvalue weighted by molar-refractivity contribution is -0.132. The van der Waals surface area contributed by atoms with Gasteiger partial charge in [-0.05, 0) is 58.7 Å². The van der Waals surface area contributed by atoms with Gasteiger partial charge < -0.3 is 29.2 Å². The predicted octanol–water partition coefficient (Wildman–Crippen LogP) is 4.11. The molecular formula is C26H21BrN2O9S. The Balaban J connectivity index is 1.74. The molecule has 3 heterocycles. The minimum Gasteiger partial charge on any atom is -0.507 e. The monoisotopic (exact) mass is 616 g/mol. The van der Waals surface area contributed by atoms with E-state index in [4.69, 9.17) is 18.9 Å². The van der Waals surface area contributed by atoms with Crippen LogP contribution in [0, 0.1) is 6.92 Å². The molecule has 3 aromatic rings. The molecule has 1 atom stereocenters. The third kappa shape index (κ3) is 4.46. The van der Waals surface area contributed by atoms with E-state index in [0.29, 0.717) is 36.0 Å². The number of carbonyl (C=O) groups is 3. The standard InChI is InChI=1S/C26H21BrN2O9S/c1-11-23(25(34)36-3)39-26(28-11)29-19(13-8-14(27)21(31)17(10-13)35-2)18(22(32)24(29)33)20(30)12-4-5-15-16(9-12)38-7-6-37-15/h4-5,8-10,19,30-31H,6-7H2,1-3H3. The summed E-state index contributed by atoms with van der Waals surface area (Å²) in [6.07, 6.45) is 0. The number of rotatable bonds is 5. The Labute approximate surface area is 234 Å². The van der Waals surface area contributed by atoms with E-state index < -0.39 is 29.5 Å². The first-order valence-electron chi connectivity index (χ1n) is 11.5. The highest BCUT2D eigenvalue weighted by atomic mass is 79.9. The smallest absolute Gasteiger partial charge is 0.350 e. The van der Waals surface area contributed by atoms with Crippen LogP contribution in [0.25, 0.3) is 5.76 Å². The number of fused-ring (bicyclic) bond motifs is 1. The quantitative estimate of drug-likeness (QED) is 0.186. The minimum atomic E-state index is -1.19. The normalized spacial score (nSPS) is 17.8. The lowest BCUT2D eigenvalue weighted by atomic mass is 9.95. The highest BCUT2D eigenvalue weighted by Gasteiger charge is 2.49. The average molecular weight is 617 g/mol. The number of Topliss-reactive ketones (excluding diaryl/α,β-unsaturated/α-hetero) is 1. The number of anilines is 1. The van der Waals surface area contributed by atoms with E-state index in [1.807, 2.05) is 0 Å². The molecule has 2 aliphatic heterocycles. The number of halogens is 1. The first kappa shape index (κ1) is 26.5. The zero-order valence-electron chi connectivity index (χ0n) is 20.8. The fraction of sp³-hybridized carbons (Fsp3) is 0.231. The molecule has 1 unspecified atom stereocenters. The van der Waals surface area contributed by atoms with Crippen molar-refractivity contribution in [1.29, 1.82) is 0 Å². The topological polar surface area (TPSA) is 145 Å². The molecule has 1 aromatic heterocycles. The maximum atomic E-state index is 13.5. The maximum absolute atomic E-state index is 13.5. The van der Waals surface area contributed by atoms with Gasteiger partial charge in [0.25, 0.3) is 5.78 Å². The summed E-state index contributed by atoms with van der Waals surface area (Å²) in [6.45, 7) is 2.27. The van der Waals surface area contributed by atoms with Gasteiger partial charge in [-0.1, -0.05) is 11.3 Å². The molecule has 13 heteroatoms. The Morgan fingerprint density at radius 3 is 2.56 bits per heavy atom. The number of aliphatic hydroxyl groups is 1. The number of aryl methyl sites for hydroxylation is 1. The van der Waals surface area contributed by atoms with Crippen molar-refractivity contribution in [2.45, 2.75) is 13.0 Å². The summed E-state index contributed by atoms with van der Waals surface area (Å²) in [5, 5.41) is 21.9. The third-order valence-corrected chi connectivity index (χ3v) is 7.95. The molecule has 2 N–H and O–H groups in total. The first-order chi connectivity index (χ1) is 18.7. The number of phenolic OH excluding ortho intramolecular Hbond substituents is 1. The number of carbonyl (C=O) groups excluding carboxylic acids is 3. The summed E-state index contributed by atoms with van der Waals surface area (Å²) >= 11 is 4.15. The van der Waals surface area contributed by atoms with Gasteiger partial charge in [0, 0.05) is 5.56 Å². The second-order valence-corrected chi connectivity index (χ2v) is 10.3. The van der Waals surface area contributed by atoms with Crippen molar-refractivity contribution in [3.63, 3.8) is 0 Å². The lowest BCUT2D eigenvalue weighted by Crippen LogP contribution is -2.29. The summed E-state index contributed by atoms with van der Waals surface area (Å²) in [6, 6.07) is 6.42. The van der Waals surface area contributed by atoms with Crippen LogP contribution in [0.3, 0.4) is 0 Å². The number of benzene rings is 2. The van der Waals surface area contributed by atoms with E-state index in [-0.39, 0.29) is 37.1 Å². The highest BCUT2D eigenvalue weighted by molar-refractivity contribution is 9.10. The van der Waals surface area contributed by atoms with Crippen molar-refractivity contribution in [2.75, 3.05) is 32.3 Å². The fourth-order valence-corrected chi connectivity index (χ4v) is 5.84. The van der Waals surface area contributed by atoms with E-state index in [2.05, 4.69) is 20.9 Å². The van der Waals surface area contributed by atoms with Crippen LogP contribution in [0.15, 0.2) is 40.4 Å². The van der Waals surface area contributed by atoms with Crippen LogP contribution in [0.4, 0.5) is 5.13 Å². The van der Waals surface area contributed by atoms with E-state index >= 15 is 0 Å². The number of amides is 1. The van der Waals surface area contributed by atoms with Crippen LogP contribution >= 0.6 is 27.3 Å². The van der Waals surface area contributed by atoms with Gasteiger partial charge in [0.1, 0.15) is 23.9 Å². The minimum absolute atomic E-state index is 0.0457. The molecule has 0 saturated carbocycles. The SMILES string of the molecule is COC(=O)c1sc(N2C(=O)C(=O)C(=C(O)c3ccc4c(c3)OCCO4)C2c2cc(Br)c(O)c(OC)c2)nc1C. The number of ketones is 1. The predicted molar refractivity (Wildman–Crippen MR) is 143 cm³/mol. The molecule has 0 aliphatic carbocycles. The van der Waals surface area contributed by atoms with Crippen LogP contribution in [0.1, 0.15) is 32.5 Å². The highest BCUT2D eigenvalue weighted by Crippen LogP contribution is 2.47. The number of aliphatic hydroxyl groups excluding tert-OH is 1. The molecule has 1 saturated heterocycles. The van der Waals surface area contributed by atoms with E-state index in [1.54, 1.807) is 19.1 Å². The number of hydrogen-bond donors (Lipinski definition) is 2. The van der Waals surface area contributed by atoms with Crippen molar-refractivity contribution in [1.82, 2.24) is 4.98 Å². The van der Waals surface area contributed by atoms with Gasteiger partial charge in [-0.15, -0.1) is 0 Å². The third-order valence-electron chi connectivity index (χ3n) is 6.21. The molecule has 5 rings (SSSR count). The van der Waals surface area contributed by atoms with E-state index in [1.165, 1.54) is 32.4 Å². The molecule has 2 aliphatic rings. The second-order valence-electron chi connectivity index (χ2n) is 8.48. The number of nitrogens with zero attached hydrogens (tertiary/aromatic N) is 2. The molecule has 0 radical (unpaired) electrons. The molecule has 1 fully saturated rings. The number of aromatic hydroxyl groups is 1. The van der Waals surface area contributed by atoms with Crippen LogP contribution in [0.5, 0.6) is 23.0 Å². The summed E-state index contributed by atoms with van der Waals surface area (Å²) in [5.41, 5.74) is 0.613. The molecule has 202 valence electrons. The Morgan fingerprint density at radius 1 is 1.15 bits per heavy atom. The molecule has 0 bridgehead atoms. The molecule has 2 aromatic carbocycles. The lowest BCUT2D eigenvalue weighted by Gasteiger charge is -2.24. The number of thiazole rings is 1. The van der Waals surface area contributed by atoms with Gasteiger partial charge in [-0.25, -0.2) is 9.78 Å². The summed E-state index contributed by atoms with van der Waals surface area (Å²) in [7, 11) is 2.57. The van der Waals surface area contributed by atoms with Crippen molar-refractivity contribution in [3.8, 4) is 23.0 Å². The average Bonchev–Trinajstić information content (AvgIpc) is 3.45. The number of esters is 1. The fourth-order valence-electron chi connectivity index (χ4n) is 4.37. The van der Waals surface area contributed by atoms with Gasteiger partial charge in [0.2, 0.25) is 0 Å². The molecule has 11 nitrogen and oxygen atoms in total. The zero-order chi connectivity index (χ0) is 28.0. The number of aromatic nitrogens is 1. The van der Waals surface area contributed by atoms with Crippen molar-refractivity contribution in [3.05, 3.63) is 62.1 Å². The maximum Gasteiger partial charge on any atom is 0.350 e. The number of ether oxygens (including phenoxy) is 4. The van der Waals surface area contributed by atoms with Gasteiger partial charge in [-0.2, -0.15) is 0 Å². The zero-order valence-corrected chi connectivity index (χ0v) is 23.2. The largest absolute Gasteiger partial charge is 0.507 e. The van der Waals surface area contributed by atoms with Crippen molar-refractivity contribution >= 4 is 55.8 Å².